The normalized spacial score (nSPS) is 16.3. The average Bonchev–Trinajstić information content (AvgIpc) is 2.70. The highest BCUT2D eigenvalue weighted by atomic mass is 16.5. The number of fused-ring (bicyclic) bond motifs is 1. The maximum Gasteiger partial charge on any atom is 0.154 e. The van der Waals surface area contributed by atoms with Crippen molar-refractivity contribution < 1.29 is 4.74 Å². The minimum Gasteiger partial charge on any atom is -0.381 e. The minimum atomic E-state index is 0.483. The van der Waals surface area contributed by atoms with Crippen molar-refractivity contribution in [1.82, 2.24) is 19.9 Å². The van der Waals surface area contributed by atoms with Crippen LogP contribution in [0, 0.1) is 0 Å². The van der Waals surface area contributed by atoms with E-state index in [9.17, 15) is 0 Å². The fraction of sp³-hybridized carbons (Fsp3) is 0.474. The van der Waals surface area contributed by atoms with Crippen molar-refractivity contribution in [3.8, 4) is 0 Å². The van der Waals surface area contributed by atoms with E-state index in [1.165, 1.54) is 0 Å². The van der Waals surface area contributed by atoms with E-state index in [4.69, 9.17) is 4.74 Å². The number of aromatic nitrogens is 3. The lowest BCUT2D eigenvalue weighted by Gasteiger charge is -2.32. The second kappa shape index (κ2) is 8.71. The monoisotopic (exact) mass is 354 g/mol. The zero-order valence-electron chi connectivity index (χ0n) is 15.6. The lowest BCUT2D eigenvalue weighted by Crippen LogP contribution is -2.35. The van der Waals surface area contributed by atoms with Gasteiger partial charge in [-0.05, 0) is 31.9 Å². The van der Waals surface area contributed by atoms with Gasteiger partial charge >= 0.3 is 0 Å². The van der Waals surface area contributed by atoms with Crippen molar-refractivity contribution in [3.05, 3.63) is 36.1 Å². The topological polar surface area (TPSA) is 75.5 Å². The summed E-state index contributed by atoms with van der Waals surface area (Å²) >= 11 is 0. The van der Waals surface area contributed by atoms with Gasteiger partial charge in [-0.1, -0.05) is 0 Å². The van der Waals surface area contributed by atoms with Crippen molar-refractivity contribution in [2.45, 2.75) is 32.2 Å². The van der Waals surface area contributed by atoms with Crippen LogP contribution in [-0.4, -0.2) is 59.4 Å². The van der Waals surface area contributed by atoms with Crippen LogP contribution < -0.4 is 5.32 Å². The summed E-state index contributed by atoms with van der Waals surface area (Å²) in [4.78, 5) is 20.3. The van der Waals surface area contributed by atoms with E-state index in [-0.39, 0.29) is 0 Å². The lowest BCUT2D eigenvalue weighted by molar-refractivity contribution is 0.0523. The Balaban J connectivity index is 1.71. The van der Waals surface area contributed by atoms with Gasteiger partial charge in [0.1, 0.15) is 11.3 Å². The SMILES string of the molecule is C/C=C(\N=C/Cc1cc2nccnc2c(NC)n1)N(C)C1CCOCC1. The molecule has 0 atom stereocenters. The molecule has 0 unspecified atom stereocenters. The average molecular weight is 354 g/mol. The number of nitrogens with one attached hydrogen (secondary N) is 1. The zero-order chi connectivity index (χ0) is 18.4. The largest absolute Gasteiger partial charge is 0.381 e. The highest BCUT2D eigenvalue weighted by Gasteiger charge is 2.19. The minimum absolute atomic E-state index is 0.483. The third-order valence-electron chi connectivity index (χ3n) is 4.63. The van der Waals surface area contributed by atoms with E-state index in [1.807, 2.05) is 32.3 Å². The lowest BCUT2D eigenvalue weighted by atomic mass is 10.1. The number of allylic oxidation sites excluding steroid dienone is 1. The number of ether oxygens (including phenoxy) is 1. The molecule has 1 saturated heterocycles. The van der Waals surface area contributed by atoms with E-state index in [0.717, 1.165) is 54.4 Å². The Kier molecular flexibility index (Phi) is 6.12. The molecule has 2 aromatic rings. The third kappa shape index (κ3) is 4.16. The van der Waals surface area contributed by atoms with Gasteiger partial charge in [0.25, 0.3) is 0 Å². The molecule has 1 fully saturated rings. The third-order valence-corrected chi connectivity index (χ3v) is 4.63. The molecule has 1 aliphatic rings. The molecule has 7 nitrogen and oxygen atoms in total. The fourth-order valence-electron chi connectivity index (χ4n) is 3.16. The molecule has 0 amide bonds. The van der Waals surface area contributed by atoms with Gasteiger partial charge in [-0.2, -0.15) is 0 Å². The number of anilines is 1. The molecule has 0 bridgehead atoms. The first-order valence-corrected chi connectivity index (χ1v) is 9.00. The number of nitrogens with zero attached hydrogens (tertiary/aromatic N) is 5. The molecule has 1 N–H and O–H groups in total. The quantitative estimate of drug-likeness (QED) is 0.804. The maximum atomic E-state index is 5.45. The predicted molar refractivity (Wildman–Crippen MR) is 104 cm³/mol. The molecule has 0 aromatic carbocycles. The Morgan fingerprint density at radius 1 is 1.35 bits per heavy atom. The Labute approximate surface area is 154 Å². The summed E-state index contributed by atoms with van der Waals surface area (Å²) in [5.74, 6) is 1.72. The second-order valence-electron chi connectivity index (χ2n) is 6.25. The molecule has 0 saturated carbocycles. The second-order valence-corrected chi connectivity index (χ2v) is 6.25. The van der Waals surface area contributed by atoms with Crippen LogP contribution in [0.5, 0.6) is 0 Å². The van der Waals surface area contributed by atoms with Crippen molar-refractivity contribution in [2.75, 3.05) is 32.6 Å². The molecule has 2 aromatic heterocycles. The summed E-state index contributed by atoms with van der Waals surface area (Å²) in [7, 11) is 3.95. The molecule has 0 radical (unpaired) electrons. The number of hydrogen-bond acceptors (Lipinski definition) is 7. The van der Waals surface area contributed by atoms with Crippen molar-refractivity contribution in [3.63, 3.8) is 0 Å². The molecule has 26 heavy (non-hydrogen) atoms. The van der Waals surface area contributed by atoms with Crippen LogP contribution in [0.1, 0.15) is 25.5 Å². The van der Waals surface area contributed by atoms with E-state index in [2.05, 4.69) is 37.2 Å². The molecule has 138 valence electrons. The Morgan fingerprint density at radius 2 is 2.12 bits per heavy atom. The number of aliphatic imine (C=N–C) groups is 1. The van der Waals surface area contributed by atoms with Gasteiger partial charge in [0.2, 0.25) is 0 Å². The van der Waals surface area contributed by atoms with Crippen LogP contribution in [0.4, 0.5) is 5.82 Å². The summed E-state index contributed by atoms with van der Waals surface area (Å²) in [6.45, 7) is 3.67. The highest BCUT2D eigenvalue weighted by Crippen LogP contribution is 2.19. The Morgan fingerprint density at radius 3 is 2.85 bits per heavy atom. The first-order chi connectivity index (χ1) is 12.7. The summed E-state index contributed by atoms with van der Waals surface area (Å²) in [5.41, 5.74) is 2.53. The summed E-state index contributed by atoms with van der Waals surface area (Å²) in [5, 5.41) is 3.09. The molecule has 7 heteroatoms. The van der Waals surface area contributed by atoms with Crippen LogP contribution in [0.25, 0.3) is 11.0 Å². The van der Waals surface area contributed by atoms with E-state index < -0.39 is 0 Å². The summed E-state index contributed by atoms with van der Waals surface area (Å²) < 4.78 is 5.45. The van der Waals surface area contributed by atoms with Crippen LogP contribution >= 0.6 is 0 Å². The van der Waals surface area contributed by atoms with Crippen LogP contribution in [0.3, 0.4) is 0 Å². The molecular formula is C19H26N6O. The summed E-state index contributed by atoms with van der Waals surface area (Å²) in [6.07, 6.45) is 10.1. The number of hydrogen-bond donors (Lipinski definition) is 1. The van der Waals surface area contributed by atoms with Crippen molar-refractivity contribution in [1.29, 1.82) is 0 Å². The van der Waals surface area contributed by atoms with Gasteiger partial charge in [0.05, 0.1) is 11.2 Å². The van der Waals surface area contributed by atoms with Crippen molar-refractivity contribution >= 4 is 23.1 Å². The number of rotatable bonds is 6. The van der Waals surface area contributed by atoms with E-state index in [1.54, 1.807) is 12.4 Å². The van der Waals surface area contributed by atoms with Gasteiger partial charge in [-0.25, -0.2) is 15.0 Å². The first kappa shape index (κ1) is 18.3. The predicted octanol–water partition coefficient (Wildman–Crippen LogP) is 2.65. The van der Waals surface area contributed by atoms with Crippen molar-refractivity contribution in [2.24, 2.45) is 4.99 Å². The summed E-state index contributed by atoms with van der Waals surface area (Å²) in [6, 6.07) is 2.45. The molecule has 0 spiro atoms. The fourth-order valence-corrected chi connectivity index (χ4v) is 3.16. The zero-order valence-corrected chi connectivity index (χ0v) is 15.6. The maximum absolute atomic E-state index is 5.45. The van der Waals surface area contributed by atoms with Crippen LogP contribution in [0.15, 0.2) is 35.3 Å². The Bertz CT molecular complexity index is 798. The van der Waals surface area contributed by atoms with Crippen LogP contribution in [0.2, 0.25) is 0 Å². The highest BCUT2D eigenvalue weighted by molar-refractivity contribution is 5.85. The molecule has 1 aliphatic heterocycles. The molecule has 0 aliphatic carbocycles. The smallest absolute Gasteiger partial charge is 0.154 e. The van der Waals surface area contributed by atoms with Gasteiger partial charge in [-0.15, -0.1) is 0 Å². The van der Waals surface area contributed by atoms with Gasteiger partial charge in [0, 0.05) is 58.4 Å². The van der Waals surface area contributed by atoms with Gasteiger partial charge in [0.15, 0.2) is 5.82 Å². The van der Waals surface area contributed by atoms with E-state index in [0.29, 0.717) is 12.5 Å². The first-order valence-electron chi connectivity index (χ1n) is 9.00. The number of pyridine rings is 1. The molecular weight excluding hydrogens is 328 g/mol. The molecule has 3 heterocycles. The molecule has 3 rings (SSSR count). The van der Waals surface area contributed by atoms with Gasteiger partial charge < -0.3 is 15.0 Å². The van der Waals surface area contributed by atoms with Crippen LogP contribution in [-0.2, 0) is 11.2 Å². The standard InChI is InChI=1S/C19H26N6O/c1-4-17(25(3)15-6-11-26-12-7-15)22-8-5-14-13-16-18(19(20-2)24-14)23-10-9-21-16/h4,8-10,13,15H,5-7,11-12H2,1-3H3,(H,20,24)/b17-4+,22-8-. The Hall–Kier alpha value is -2.54. The van der Waals surface area contributed by atoms with E-state index >= 15 is 0 Å². The van der Waals surface area contributed by atoms with Gasteiger partial charge in [-0.3, -0.25) is 4.98 Å².